The maximum absolute atomic E-state index is 12.6. The number of carbonyl (C=O) groups is 2. The van der Waals surface area contributed by atoms with E-state index in [1.165, 1.54) is 16.9 Å². The molecule has 2 aliphatic rings. The Kier molecular flexibility index (Phi) is 3.31. The Balaban J connectivity index is 1.88. The van der Waals surface area contributed by atoms with Gasteiger partial charge in [0, 0.05) is 16.8 Å². The van der Waals surface area contributed by atoms with E-state index in [4.69, 9.17) is 0 Å². The molecule has 1 unspecified atom stereocenters. The van der Waals surface area contributed by atoms with Crippen molar-refractivity contribution in [1.82, 2.24) is 4.90 Å². The molecule has 2 heterocycles. The first-order valence-corrected chi connectivity index (χ1v) is 7.69. The van der Waals surface area contributed by atoms with Gasteiger partial charge in [0.15, 0.2) is 0 Å². The molecule has 0 radical (unpaired) electrons. The van der Waals surface area contributed by atoms with Gasteiger partial charge in [-0.05, 0) is 44.1 Å². The molecule has 3 rings (SSSR count). The minimum Gasteiger partial charge on any atom is -0.480 e. The zero-order valence-corrected chi connectivity index (χ0v) is 11.5. The van der Waals surface area contributed by atoms with E-state index in [2.05, 4.69) is 0 Å². The molecule has 0 bridgehead atoms. The third-order valence-corrected chi connectivity index (χ3v) is 5.18. The zero-order valence-electron chi connectivity index (χ0n) is 10.7. The number of likely N-dealkylation sites (tertiary alicyclic amines) is 1. The zero-order chi connectivity index (χ0) is 13.4. The van der Waals surface area contributed by atoms with E-state index in [0.29, 0.717) is 13.0 Å². The van der Waals surface area contributed by atoms with Crippen molar-refractivity contribution in [3.63, 3.8) is 0 Å². The lowest BCUT2D eigenvalue weighted by Gasteiger charge is -2.22. The SMILES string of the molecule is O=C(O)C1CCCN1C(=O)c1csc2c1CCCC2. The molecule has 1 N–H and O–H groups in total. The minimum absolute atomic E-state index is 0.0794. The second-order valence-electron chi connectivity index (χ2n) is 5.25. The first-order chi connectivity index (χ1) is 9.18. The van der Waals surface area contributed by atoms with Crippen LogP contribution in [0, 0.1) is 0 Å². The molecule has 1 saturated heterocycles. The van der Waals surface area contributed by atoms with Crippen molar-refractivity contribution in [3.8, 4) is 0 Å². The van der Waals surface area contributed by atoms with Gasteiger partial charge in [-0.1, -0.05) is 0 Å². The molecule has 1 aromatic heterocycles. The van der Waals surface area contributed by atoms with Gasteiger partial charge in [0.2, 0.25) is 0 Å². The fraction of sp³-hybridized carbons (Fsp3) is 0.571. The Morgan fingerprint density at radius 1 is 1.26 bits per heavy atom. The topological polar surface area (TPSA) is 57.6 Å². The van der Waals surface area contributed by atoms with Gasteiger partial charge >= 0.3 is 5.97 Å². The van der Waals surface area contributed by atoms with Crippen LogP contribution in [0.1, 0.15) is 46.5 Å². The highest BCUT2D eigenvalue weighted by Crippen LogP contribution is 2.32. The molecule has 5 heteroatoms. The molecule has 1 aliphatic heterocycles. The van der Waals surface area contributed by atoms with Gasteiger partial charge < -0.3 is 10.0 Å². The summed E-state index contributed by atoms with van der Waals surface area (Å²) in [5, 5.41) is 11.1. The number of thiophene rings is 1. The largest absolute Gasteiger partial charge is 0.480 e. The Bertz CT molecular complexity index is 523. The van der Waals surface area contributed by atoms with Crippen LogP contribution >= 0.6 is 11.3 Å². The molecular formula is C14H17NO3S. The third-order valence-electron chi connectivity index (χ3n) is 4.09. The van der Waals surface area contributed by atoms with Crippen molar-refractivity contribution in [1.29, 1.82) is 0 Å². The molecule has 1 fully saturated rings. The second-order valence-corrected chi connectivity index (χ2v) is 6.22. The molecule has 4 nitrogen and oxygen atoms in total. The van der Waals surface area contributed by atoms with Crippen LogP contribution in [-0.4, -0.2) is 34.5 Å². The van der Waals surface area contributed by atoms with E-state index in [9.17, 15) is 14.7 Å². The van der Waals surface area contributed by atoms with Crippen molar-refractivity contribution < 1.29 is 14.7 Å². The predicted molar refractivity (Wildman–Crippen MR) is 72.7 cm³/mol. The van der Waals surface area contributed by atoms with Crippen molar-refractivity contribution in [2.24, 2.45) is 0 Å². The minimum atomic E-state index is -0.880. The Hall–Kier alpha value is -1.36. The molecule has 19 heavy (non-hydrogen) atoms. The summed E-state index contributed by atoms with van der Waals surface area (Å²) in [4.78, 5) is 26.6. The fourth-order valence-electron chi connectivity index (χ4n) is 3.09. The van der Waals surface area contributed by atoms with Crippen LogP contribution in [0.5, 0.6) is 0 Å². The number of hydrogen-bond acceptors (Lipinski definition) is 3. The normalized spacial score (nSPS) is 22.3. The number of aryl methyl sites for hydroxylation is 1. The van der Waals surface area contributed by atoms with Crippen molar-refractivity contribution in [2.45, 2.75) is 44.6 Å². The summed E-state index contributed by atoms with van der Waals surface area (Å²) in [7, 11) is 0. The Morgan fingerprint density at radius 3 is 2.84 bits per heavy atom. The van der Waals surface area contributed by atoms with Crippen LogP contribution in [0.3, 0.4) is 0 Å². The summed E-state index contributed by atoms with van der Waals surface area (Å²) in [6.45, 7) is 0.570. The third kappa shape index (κ3) is 2.16. The molecule has 0 aromatic carbocycles. The van der Waals surface area contributed by atoms with Crippen molar-refractivity contribution >= 4 is 23.2 Å². The van der Waals surface area contributed by atoms with E-state index in [1.54, 1.807) is 16.2 Å². The number of carboxylic acids is 1. The molecular weight excluding hydrogens is 262 g/mol. The highest BCUT2D eigenvalue weighted by molar-refractivity contribution is 7.10. The predicted octanol–water partition coefficient (Wildman–Crippen LogP) is 2.32. The number of rotatable bonds is 2. The number of carbonyl (C=O) groups excluding carboxylic acids is 1. The molecule has 0 saturated carbocycles. The van der Waals surface area contributed by atoms with E-state index in [0.717, 1.165) is 31.2 Å². The monoisotopic (exact) mass is 279 g/mol. The quantitative estimate of drug-likeness (QED) is 0.904. The number of aliphatic carboxylic acids is 1. The summed E-state index contributed by atoms with van der Waals surface area (Å²) < 4.78 is 0. The van der Waals surface area contributed by atoms with Crippen LogP contribution in [0.25, 0.3) is 0 Å². The van der Waals surface area contributed by atoms with Crippen LogP contribution in [-0.2, 0) is 17.6 Å². The Labute approximate surface area is 116 Å². The summed E-state index contributed by atoms with van der Waals surface area (Å²) >= 11 is 1.65. The summed E-state index contributed by atoms with van der Waals surface area (Å²) in [5.74, 6) is -0.959. The lowest BCUT2D eigenvalue weighted by atomic mass is 9.95. The van der Waals surface area contributed by atoms with Crippen LogP contribution in [0.2, 0.25) is 0 Å². The van der Waals surface area contributed by atoms with Crippen LogP contribution in [0.15, 0.2) is 5.38 Å². The van der Waals surface area contributed by atoms with Crippen LogP contribution in [0.4, 0.5) is 0 Å². The average Bonchev–Trinajstić information content (AvgIpc) is 3.05. The van der Waals surface area contributed by atoms with Crippen molar-refractivity contribution in [3.05, 3.63) is 21.4 Å². The number of nitrogens with zero attached hydrogens (tertiary/aromatic N) is 1. The molecule has 1 aliphatic carbocycles. The van der Waals surface area contributed by atoms with E-state index >= 15 is 0 Å². The number of hydrogen-bond donors (Lipinski definition) is 1. The first kappa shape index (κ1) is 12.7. The lowest BCUT2D eigenvalue weighted by Crippen LogP contribution is -2.40. The fourth-order valence-corrected chi connectivity index (χ4v) is 4.21. The smallest absolute Gasteiger partial charge is 0.326 e. The standard InChI is InChI=1S/C14H17NO3S/c16-13(15-7-3-5-11(15)14(17)18)10-8-19-12-6-2-1-4-9(10)12/h8,11H,1-7H2,(H,17,18). The van der Waals surface area contributed by atoms with Gasteiger partial charge in [-0.2, -0.15) is 0 Å². The number of fused-ring (bicyclic) bond motifs is 1. The van der Waals surface area contributed by atoms with Gasteiger partial charge in [0.05, 0.1) is 5.56 Å². The van der Waals surface area contributed by atoms with Crippen molar-refractivity contribution in [2.75, 3.05) is 6.54 Å². The first-order valence-electron chi connectivity index (χ1n) is 6.81. The van der Waals surface area contributed by atoms with Gasteiger partial charge in [0.25, 0.3) is 5.91 Å². The molecule has 1 amide bonds. The molecule has 0 spiro atoms. The average molecular weight is 279 g/mol. The Morgan fingerprint density at radius 2 is 2.05 bits per heavy atom. The number of carboxylic acid groups (broad SMARTS) is 1. The highest BCUT2D eigenvalue weighted by atomic mass is 32.1. The summed E-state index contributed by atoms with van der Waals surface area (Å²) in [6.07, 6.45) is 5.72. The number of amides is 1. The van der Waals surface area contributed by atoms with E-state index in [-0.39, 0.29) is 5.91 Å². The van der Waals surface area contributed by atoms with Gasteiger partial charge in [0.1, 0.15) is 6.04 Å². The van der Waals surface area contributed by atoms with E-state index in [1.807, 2.05) is 5.38 Å². The maximum atomic E-state index is 12.6. The summed E-state index contributed by atoms with van der Waals surface area (Å²) in [6, 6.07) is -0.633. The van der Waals surface area contributed by atoms with Gasteiger partial charge in [-0.25, -0.2) is 4.79 Å². The highest BCUT2D eigenvalue weighted by Gasteiger charge is 2.35. The lowest BCUT2D eigenvalue weighted by molar-refractivity contribution is -0.141. The maximum Gasteiger partial charge on any atom is 0.326 e. The van der Waals surface area contributed by atoms with E-state index < -0.39 is 12.0 Å². The second kappa shape index (κ2) is 4.96. The van der Waals surface area contributed by atoms with Crippen LogP contribution < -0.4 is 0 Å². The van der Waals surface area contributed by atoms with Gasteiger partial charge in [-0.15, -0.1) is 11.3 Å². The molecule has 1 aromatic rings. The van der Waals surface area contributed by atoms with Gasteiger partial charge in [-0.3, -0.25) is 4.79 Å². The summed E-state index contributed by atoms with van der Waals surface area (Å²) in [5.41, 5.74) is 1.94. The molecule has 1 atom stereocenters. The molecule has 102 valence electrons.